The maximum atomic E-state index is 12.8. The van der Waals surface area contributed by atoms with Gasteiger partial charge in [0.1, 0.15) is 12.2 Å². The van der Waals surface area contributed by atoms with Crippen molar-refractivity contribution in [2.75, 3.05) is 6.54 Å². The fourth-order valence-electron chi connectivity index (χ4n) is 5.32. The molecule has 0 aromatic carbocycles. The minimum Gasteiger partial charge on any atom is -0.462 e. The molecule has 3 aliphatic rings. The molecule has 0 saturated carbocycles. The number of rotatable bonds is 8. The molecule has 0 spiro atoms. The van der Waals surface area contributed by atoms with Crippen molar-refractivity contribution >= 4 is 11.9 Å². The molecule has 4 N–H and O–H groups in total. The summed E-state index contributed by atoms with van der Waals surface area (Å²) in [6, 6.07) is 0. The molecule has 2 aliphatic carbocycles. The number of esters is 2. The lowest BCUT2D eigenvalue weighted by molar-refractivity contribution is -0.162. The lowest BCUT2D eigenvalue weighted by atomic mass is 9.65. The number of cyclic esters (lactones) is 1. The van der Waals surface area contributed by atoms with Crippen LogP contribution in [0.5, 0.6) is 0 Å². The van der Waals surface area contributed by atoms with E-state index in [2.05, 4.69) is 37.5 Å². The summed E-state index contributed by atoms with van der Waals surface area (Å²) in [5, 5.41) is 9.92. The van der Waals surface area contributed by atoms with Gasteiger partial charge in [-0.2, -0.15) is 0 Å². The molecule has 0 amide bonds. The maximum Gasteiger partial charge on any atom is 0.308 e. The van der Waals surface area contributed by atoms with Crippen molar-refractivity contribution in [3.8, 4) is 0 Å². The van der Waals surface area contributed by atoms with Crippen LogP contribution in [0.15, 0.2) is 23.8 Å². The third-order valence-electron chi connectivity index (χ3n) is 7.04. The van der Waals surface area contributed by atoms with Crippen LogP contribution in [0.3, 0.4) is 0 Å². The van der Waals surface area contributed by atoms with Crippen LogP contribution in [0.2, 0.25) is 0 Å². The van der Waals surface area contributed by atoms with Gasteiger partial charge < -0.3 is 14.6 Å². The Morgan fingerprint density at radius 3 is 2.84 bits per heavy atom. The predicted octanol–water partition coefficient (Wildman–Crippen LogP) is 2.64. The zero-order valence-electron chi connectivity index (χ0n) is 19.0. The fourth-order valence-corrected chi connectivity index (χ4v) is 5.32. The molecule has 1 fully saturated rings. The number of allylic oxidation sites excluding steroid dienone is 3. The van der Waals surface area contributed by atoms with Crippen LogP contribution < -0.4 is 11.3 Å². The van der Waals surface area contributed by atoms with Gasteiger partial charge in [-0.1, -0.05) is 39.0 Å². The number of carbonyl (C=O) groups excluding carboxylic acids is 2. The molecular weight excluding hydrogens is 396 g/mol. The molecule has 0 radical (unpaired) electrons. The number of nitrogens with two attached hydrogens (primary N) is 1. The molecule has 3 rings (SSSR count). The Kier molecular flexibility index (Phi) is 8.30. The second-order valence-corrected chi connectivity index (χ2v) is 9.69. The van der Waals surface area contributed by atoms with Crippen LogP contribution in [-0.2, 0) is 19.1 Å². The van der Waals surface area contributed by atoms with E-state index in [1.165, 1.54) is 5.57 Å². The van der Waals surface area contributed by atoms with E-state index in [4.69, 9.17) is 15.3 Å². The highest BCUT2D eigenvalue weighted by molar-refractivity contribution is 5.72. The van der Waals surface area contributed by atoms with Crippen LogP contribution in [0.4, 0.5) is 0 Å². The highest BCUT2D eigenvalue weighted by atomic mass is 16.5. The molecule has 1 aliphatic heterocycles. The van der Waals surface area contributed by atoms with Crippen molar-refractivity contribution in [2.45, 2.75) is 77.6 Å². The molecule has 31 heavy (non-hydrogen) atoms. The van der Waals surface area contributed by atoms with Crippen molar-refractivity contribution in [3.63, 3.8) is 0 Å². The van der Waals surface area contributed by atoms with E-state index in [9.17, 15) is 14.7 Å². The normalized spacial score (nSPS) is 36.2. The first-order valence-corrected chi connectivity index (χ1v) is 11.7. The smallest absolute Gasteiger partial charge is 0.308 e. The summed E-state index contributed by atoms with van der Waals surface area (Å²) < 4.78 is 11.6. The average Bonchev–Trinajstić information content (AvgIpc) is 2.70. The van der Waals surface area contributed by atoms with Gasteiger partial charge in [0.25, 0.3) is 0 Å². The molecule has 0 aromatic heterocycles. The van der Waals surface area contributed by atoms with E-state index >= 15 is 0 Å². The van der Waals surface area contributed by atoms with Gasteiger partial charge in [-0.25, -0.2) is 0 Å². The van der Waals surface area contributed by atoms with Gasteiger partial charge in [-0.15, -0.1) is 0 Å². The van der Waals surface area contributed by atoms with Crippen molar-refractivity contribution in [1.82, 2.24) is 5.43 Å². The number of ether oxygens (including phenoxy) is 2. The molecule has 174 valence electrons. The Morgan fingerprint density at radius 2 is 2.13 bits per heavy atom. The Morgan fingerprint density at radius 1 is 1.35 bits per heavy atom. The van der Waals surface area contributed by atoms with Gasteiger partial charge in [-0.3, -0.25) is 20.9 Å². The zero-order valence-corrected chi connectivity index (χ0v) is 19.0. The highest BCUT2D eigenvalue weighted by Gasteiger charge is 2.42. The number of hydrogen-bond acceptors (Lipinski definition) is 7. The van der Waals surface area contributed by atoms with E-state index in [1.807, 2.05) is 6.92 Å². The number of carbonyl (C=O) groups is 2. The van der Waals surface area contributed by atoms with E-state index in [0.29, 0.717) is 43.6 Å². The number of nitrogens with one attached hydrogen (secondary N) is 1. The number of hydrogen-bond donors (Lipinski definition) is 3. The average molecular weight is 435 g/mol. The number of aliphatic hydroxyl groups is 1. The van der Waals surface area contributed by atoms with Crippen molar-refractivity contribution < 1.29 is 24.2 Å². The summed E-state index contributed by atoms with van der Waals surface area (Å²) in [6.45, 7) is 6.81. The predicted molar refractivity (Wildman–Crippen MR) is 117 cm³/mol. The number of fused-ring (bicyclic) bond motifs is 1. The third kappa shape index (κ3) is 6.18. The minimum absolute atomic E-state index is 0.0857. The lowest BCUT2D eigenvalue weighted by Gasteiger charge is -2.43. The minimum atomic E-state index is -0.612. The molecule has 1 heterocycles. The topological polar surface area (TPSA) is 111 Å². The molecule has 1 unspecified atom stereocenters. The molecule has 0 aromatic rings. The van der Waals surface area contributed by atoms with Gasteiger partial charge in [0.15, 0.2) is 0 Å². The van der Waals surface area contributed by atoms with Crippen molar-refractivity contribution in [1.29, 1.82) is 0 Å². The third-order valence-corrected chi connectivity index (χ3v) is 7.04. The largest absolute Gasteiger partial charge is 0.462 e. The second kappa shape index (κ2) is 10.7. The molecular formula is C24H38N2O5. The van der Waals surface area contributed by atoms with E-state index in [1.54, 1.807) is 0 Å². The summed E-state index contributed by atoms with van der Waals surface area (Å²) in [4.78, 5) is 24.5. The summed E-state index contributed by atoms with van der Waals surface area (Å²) in [7, 11) is 0. The monoisotopic (exact) mass is 434 g/mol. The van der Waals surface area contributed by atoms with Crippen molar-refractivity contribution in [2.24, 2.45) is 35.4 Å². The van der Waals surface area contributed by atoms with Gasteiger partial charge in [-0.05, 0) is 49.0 Å². The first kappa shape index (κ1) is 24.0. The zero-order chi connectivity index (χ0) is 22.5. The van der Waals surface area contributed by atoms with E-state index in [-0.39, 0.29) is 42.4 Å². The Labute approximate surface area is 185 Å². The van der Waals surface area contributed by atoms with Crippen molar-refractivity contribution in [3.05, 3.63) is 23.8 Å². The summed E-state index contributed by atoms with van der Waals surface area (Å²) in [5.74, 6) is 5.77. The molecule has 7 heteroatoms. The molecule has 7 nitrogen and oxygen atoms in total. The number of aliphatic hydroxyl groups excluding tert-OH is 1. The van der Waals surface area contributed by atoms with E-state index < -0.39 is 6.10 Å². The second-order valence-electron chi connectivity index (χ2n) is 9.69. The first-order valence-electron chi connectivity index (χ1n) is 11.7. The summed E-state index contributed by atoms with van der Waals surface area (Å²) >= 11 is 0. The molecule has 0 bridgehead atoms. The van der Waals surface area contributed by atoms with Crippen LogP contribution in [0.25, 0.3) is 0 Å². The standard InChI is InChI=1S/C24H38N2O5/c1-14-10-17-5-4-15(2)20(7-6-19-12-18(27)13-22(28)30-19)23(17)21(11-14)31-24(29)16(3)8-9-26-25/h4-5,10,14-16,18-21,23,26-27H,6-9,11-13,25H2,1-3H3/t14-,15-,16-,18+,19+,20-,21-,23?/m0/s1. The Bertz CT molecular complexity index is 706. The summed E-state index contributed by atoms with van der Waals surface area (Å²) in [5.41, 5.74) is 3.84. The SMILES string of the molecule is C[C@H]1C=C2C=C[C@H](C)[C@H](CC[C@@H]3C[C@@H](O)CC(=O)O3)C2[C@@H](OC(=O)[C@@H](C)CCNN)C1. The van der Waals surface area contributed by atoms with Gasteiger partial charge in [0.2, 0.25) is 0 Å². The lowest BCUT2D eigenvalue weighted by Crippen LogP contribution is -2.42. The highest BCUT2D eigenvalue weighted by Crippen LogP contribution is 2.45. The maximum absolute atomic E-state index is 12.8. The summed E-state index contributed by atoms with van der Waals surface area (Å²) in [6.07, 6.45) is 9.32. The van der Waals surface area contributed by atoms with Crippen LogP contribution >= 0.6 is 0 Å². The van der Waals surface area contributed by atoms with Crippen LogP contribution in [0, 0.1) is 29.6 Å². The van der Waals surface area contributed by atoms with Crippen LogP contribution in [0.1, 0.15) is 59.3 Å². The number of hydrazine groups is 1. The van der Waals surface area contributed by atoms with E-state index in [0.717, 1.165) is 12.8 Å². The van der Waals surface area contributed by atoms with Gasteiger partial charge in [0, 0.05) is 18.9 Å². The van der Waals surface area contributed by atoms with Gasteiger partial charge >= 0.3 is 11.9 Å². The van der Waals surface area contributed by atoms with Crippen LogP contribution in [-0.4, -0.2) is 41.9 Å². The fraction of sp³-hybridized carbons (Fsp3) is 0.750. The molecule has 1 saturated heterocycles. The first-order chi connectivity index (χ1) is 14.8. The quantitative estimate of drug-likeness (QED) is 0.306. The Hall–Kier alpha value is -1.70. The Balaban J connectivity index is 1.71. The van der Waals surface area contributed by atoms with Gasteiger partial charge in [0.05, 0.1) is 18.4 Å². The molecule has 8 atom stereocenters.